The molecule has 5 nitrogen and oxygen atoms in total. The quantitative estimate of drug-likeness (QED) is 0.352. The van der Waals surface area contributed by atoms with Crippen molar-refractivity contribution in [2.75, 3.05) is 0 Å². The molecule has 0 atom stereocenters. The second-order valence-electron chi connectivity index (χ2n) is 4.40. The zero-order valence-corrected chi connectivity index (χ0v) is 9.77. The largest absolute Gasteiger partial charge is 0.409 e. The van der Waals surface area contributed by atoms with Gasteiger partial charge in [0.15, 0.2) is 5.84 Å². The predicted molar refractivity (Wildman–Crippen MR) is 61.3 cm³/mol. The molecule has 0 aliphatic heterocycles. The summed E-state index contributed by atoms with van der Waals surface area (Å²) in [6, 6.07) is 3.63. The van der Waals surface area contributed by atoms with Gasteiger partial charge >= 0.3 is 0 Å². The fraction of sp³-hybridized carbons (Fsp3) is 0.455. The molecule has 0 saturated carbocycles. The second-order valence-corrected chi connectivity index (χ2v) is 4.40. The van der Waals surface area contributed by atoms with Gasteiger partial charge in [-0.2, -0.15) is 0 Å². The lowest BCUT2D eigenvalue weighted by Gasteiger charge is -2.20. The summed E-state index contributed by atoms with van der Waals surface area (Å²) in [5.41, 5.74) is 6.53. The number of pyridine rings is 1. The summed E-state index contributed by atoms with van der Waals surface area (Å²) in [5.74, 6) is -0.00638. The van der Waals surface area contributed by atoms with Crippen LogP contribution in [0.4, 0.5) is 0 Å². The minimum Gasteiger partial charge on any atom is -0.409 e. The summed E-state index contributed by atoms with van der Waals surface area (Å²) >= 11 is 0. The van der Waals surface area contributed by atoms with Gasteiger partial charge in [-0.25, -0.2) is 0 Å². The minimum atomic E-state index is -0.238. The molecule has 1 rings (SSSR count). The van der Waals surface area contributed by atoms with E-state index in [0.717, 1.165) is 5.56 Å². The van der Waals surface area contributed by atoms with Crippen molar-refractivity contribution < 1.29 is 9.94 Å². The zero-order valence-electron chi connectivity index (χ0n) is 9.77. The maximum Gasteiger partial charge on any atom is 0.189 e. The number of nitrogens with two attached hydrogens (primary N) is 1. The van der Waals surface area contributed by atoms with Gasteiger partial charge in [0, 0.05) is 11.8 Å². The molecule has 0 bridgehead atoms. The molecule has 1 heterocycles. The van der Waals surface area contributed by atoms with Gasteiger partial charge in [0.25, 0.3) is 0 Å². The van der Waals surface area contributed by atoms with Crippen molar-refractivity contribution in [3.63, 3.8) is 0 Å². The zero-order chi connectivity index (χ0) is 12.2. The fourth-order valence-corrected chi connectivity index (χ4v) is 1.13. The van der Waals surface area contributed by atoms with Crippen LogP contribution in [0.2, 0.25) is 0 Å². The third kappa shape index (κ3) is 3.51. The normalized spacial score (nSPS) is 12.8. The van der Waals surface area contributed by atoms with E-state index in [1.54, 1.807) is 12.3 Å². The Bertz CT molecular complexity index is 383. The summed E-state index contributed by atoms with van der Waals surface area (Å²) in [4.78, 5) is 4.05. The minimum absolute atomic E-state index is 0.00638. The molecular weight excluding hydrogens is 206 g/mol. The molecule has 0 saturated heterocycles. The first kappa shape index (κ1) is 12.4. The van der Waals surface area contributed by atoms with Crippen molar-refractivity contribution in [1.29, 1.82) is 0 Å². The molecule has 0 amide bonds. The molecule has 0 aliphatic carbocycles. The van der Waals surface area contributed by atoms with Gasteiger partial charge in [0.2, 0.25) is 0 Å². The Hall–Kier alpha value is -1.62. The number of hydrogen-bond acceptors (Lipinski definition) is 4. The van der Waals surface area contributed by atoms with Crippen LogP contribution < -0.4 is 5.73 Å². The fourth-order valence-electron chi connectivity index (χ4n) is 1.13. The topological polar surface area (TPSA) is 80.7 Å². The van der Waals surface area contributed by atoms with Crippen LogP contribution in [0.5, 0.6) is 0 Å². The smallest absolute Gasteiger partial charge is 0.189 e. The Morgan fingerprint density at radius 1 is 1.56 bits per heavy atom. The van der Waals surface area contributed by atoms with Crippen LogP contribution in [-0.2, 0) is 11.3 Å². The van der Waals surface area contributed by atoms with Crippen molar-refractivity contribution >= 4 is 5.84 Å². The predicted octanol–water partition coefficient (Wildman–Crippen LogP) is 1.49. The first-order valence-corrected chi connectivity index (χ1v) is 5.00. The van der Waals surface area contributed by atoms with Crippen LogP contribution in [0.15, 0.2) is 23.5 Å². The van der Waals surface area contributed by atoms with E-state index in [4.69, 9.17) is 15.7 Å². The van der Waals surface area contributed by atoms with E-state index in [-0.39, 0.29) is 11.4 Å². The number of amidine groups is 1. The number of nitrogens with zero attached hydrogens (tertiary/aromatic N) is 2. The molecule has 16 heavy (non-hydrogen) atoms. The van der Waals surface area contributed by atoms with Gasteiger partial charge in [0.05, 0.1) is 12.2 Å². The molecule has 3 N–H and O–H groups in total. The van der Waals surface area contributed by atoms with Crippen LogP contribution in [0, 0.1) is 0 Å². The lowest BCUT2D eigenvalue weighted by Crippen LogP contribution is -2.22. The van der Waals surface area contributed by atoms with Gasteiger partial charge in [-0.15, -0.1) is 0 Å². The molecule has 1 aromatic rings. The van der Waals surface area contributed by atoms with Gasteiger partial charge in [0.1, 0.15) is 5.69 Å². The molecule has 0 aromatic carbocycles. The first-order chi connectivity index (χ1) is 7.44. The molecule has 0 aliphatic rings. The van der Waals surface area contributed by atoms with Gasteiger partial charge in [-0.1, -0.05) is 11.2 Å². The van der Waals surface area contributed by atoms with E-state index in [0.29, 0.717) is 12.3 Å². The van der Waals surface area contributed by atoms with Crippen LogP contribution in [0.1, 0.15) is 32.0 Å². The highest BCUT2D eigenvalue weighted by molar-refractivity contribution is 5.96. The first-order valence-electron chi connectivity index (χ1n) is 5.00. The van der Waals surface area contributed by atoms with Crippen molar-refractivity contribution in [1.82, 2.24) is 4.98 Å². The van der Waals surface area contributed by atoms with E-state index in [1.165, 1.54) is 0 Å². The van der Waals surface area contributed by atoms with Gasteiger partial charge < -0.3 is 15.7 Å². The van der Waals surface area contributed by atoms with E-state index in [2.05, 4.69) is 10.1 Å². The maximum absolute atomic E-state index is 8.62. The van der Waals surface area contributed by atoms with Gasteiger partial charge in [-0.3, -0.25) is 4.98 Å². The second kappa shape index (κ2) is 4.94. The lowest BCUT2D eigenvalue weighted by molar-refractivity contribution is -0.0151. The third-order valence-corrected chi connectivity index (χ3v) is 1.90. The van der Waals surface area contributed by atoms with Crippen LogP contribution in [0.3, 0.4) is 0 Å². The average Bonchev–Trinajstić information content (AvgIpc) is 2.25. The summed E-state index contributed by atoms with van der Waals surface area (Å²) < 4.78 is 5.62. The number of aromatic nitrogens is 1. The molecular formula is C11H17N3O2. The molecule has 0 fully saturated rings. The average molecular weight is 223 g/mol. The summed E-state index contributed by atoms with van der Waals surface area (Å²) in [5, 5.41) is 11.6. The maximum atomic E-state index is 8.62. The Morgan fingerprint density at radius 2 is 2.25 bits per heavy atom. The number of hydrogen-bond donors (Lipinski definition) is 2. The lowest BCUT2D eigenvalue weighted by atomic mass is 10.1. The molecule has 0 unspecified atom stereocenters. The highest BCUT2D eigenvalue weighted by atomic mass is 16.5. The van der Waals surface area contributed by atoms with E-state index >= 15 is 0 Å². The summed E-state index contributed by atoms with van der Waals surface area (Å²) in [6.07, 6.45) is 1.59. The van der Waals surface area contributed by atoms with Crippen molar-refractivity contribution in [3.05, 3.63) is 29.6 Å². The van der Waals surface area contributed by atoms with Gasteiger partial charge in [-0.05, 0) is 26.8 Å². The van der Waals surface area contributed by atoms with Crippen LogP contribution >= 0.6 is 0 Å². The molecule has 5 heteroatoms. The highest BCUT2D eigenvalue weighted by Gasteiger charge is 2.13. The standard InChI is InChI=1S/C11H17N3O2/c1-11(2,3)16-7-8-5-4-6-13-9(8)10(12)14-15/h4-6,15H,7H2,1-3H3,(H2,12,14). The summed E-state index contributed by atoms with van der Waals surface area (Å²) in [6.45, 7) is 6.27. The molecule has 0 radical (unpaired) electrons. The van der Waals surface area contributed by atoms with Crippen molar-refractivity contribution in [3.8, 4) is 0 Å². The Morgan fingerprint density at radius 3 is 2.81 bits per heavy atom. The summed E-state index contributed by atoms with van der Waals surface area (Å²) in [7, 11) is 0. The van der Waals surface area contributed by atoms with Crippen LogP contribution in [-0.4, -0.2) is 21.6 Å². The number of ether oxygens (including phenoxy) is 1. The van der Waals surface area contributed by atoms with Crippen molar-refractivity contribution in [2.45, 2.75) is 33.0 Å². The van der Waals surface area contributed by atoms with E-state index in [1.807, 2.05) is 26.8 Å². The number of oxime groups is 1. The Balaban J connectivity index is 2.88. The monoisotopic (exact) mass is 223 g/mol. The van der Waals surface area contributed by atoms with Crippen molar-refractivity contribution in [2.24, 2.45) is 10.9 Å². The SMILES string of the molecule is CC(C)(C)OCc1cccnc1C(N)=NO. The third-order valence-electron chi connectivity index (χ3n) is 1.90. The van der Waals surface area contributed by atoms with Crippen LogP contribution in [0.25, 0.3) is 0 Å². The highest BCUT2D eigenvalue weighted by Crippen LogP contribution is 2.13. The Labute approximate surface area is 94.9 Å². The Kier molecular flexibility index (Phi) is 3.84. The molecule has 88 valence electrons. The molecule has 1 aromatic heterocycles. The van der Waals surface area contributed by atoms with E-state index < -0.39 is 0 Å². The number of rotatable bonds is 3. The van der Waals surface area contributed by atoms with E-state index in [9.17, 15) is 0 Å². The molecule has 0 spiro atoms.